The lowest BCUT2D eigenvalue weighted by molar-refractivity contribution is 0.0846. The van der Waals surface area contributed by atoms with Crippen LogP contribution in [-0.2, 0) is 4.74 Å². The number of hydrogen-bond acceptors (Lipinski definition) is 5. The van der Waals surface area contributed by atoms with E-state index in [1.165, 1.54) is 0 Å². The van der Waals surface area contributed by atoms with Gasteiger partial charge in [-0.1, -0.05) is 18.7 Å². The fourth-order valence-electron chi connectivity index (χ4n) is 2.21. The maximum Gasteiger partial charge on any atom is 0.269 e. The van der Waals surface area contributed by atoms with E-state index in [0.717, 1.165) is 0 Å². The molecule has 0 spiro atoms. The molecule has 148 valence electrons. The number of ether oxygens (including phenoxy) is 3. The highest BCUT2D eigenvalue weighted by Gasteiger charge is 2.10. The number of nitrogens with one attached hydrogen (secondary N) is 2. The summed E-state index contributed by atoms with van der Waals surface area (Å²) in [6.45, 7) is 7.35. The zero-order valence-corrected chi connectivity index (χ0v) is 15.8. The molecule has 0 atom stereocenters. The molecule has 2 amide bonds. The number of amides is 2. The van der Waals surface area contributed by atoms with E-state index in [-0.39, 0.29) is 0 Å². The van der Waals surface area contributed by atoms with Crippen molar-refractivity contribution in [2.75, 3.05) is 26.4 Å². The van der Waals surface area contributed by atoms with Crippen molar-refractivity contribution < 1.29 is 23.8 Å². The molecular formula is C21H24N2O5. The number of rotatable bonds is 10. The Morgan fingerprint density at radius 3 is 2.32 bits per heavy atom. The van der Waals surface area contributed by atoms with Crippen LogP contribution in [0.2, 0.25) is 0 Å². The first-order valence-corrected chi connectivity index (χ1v) is 8.89. The van der Waals surface area contributed by atoms with Crippen molar-refractivity contribution in [2.45, 2.75) is 6.92 Å². The Morgan fingerprint density at radius 2 is 1.64 bits per heavy atom. The minimum atomic E-state index is -0.449. The largest absolute Gasteiger partial charge is 0.491 e. The van der Waals surface area contributed by atoms with Crippen LogP contribution in [0.15, 0.2) is 61.2 Å². The van der Waals surface area contributed by atoms with Crippen LogP contribution in [0.25, 0.3) is 0 Å². The fraction of sp³-hybridized carbons (Fsp3) is 0.238. The van der Waals surface area contributed by atoms with Gasteiger partial charge in [-0.25, -0.2) is 0 Å². The number of carbonyl (C=O) groups excluding carboxylic acids is 2. The molecule has 2 N–H and O–H groups in total. The lowest BCUT2D eigenvalue weighted by Crippen LogP contribution is -2.41. The first-order chi connectivity index (χ1) is 13.6. The Labute approximate surface area is 164 Å². The highest BCUT2D eigenvalue weighted by molar-refractivity contribution is 5.99. The van der Waals surface area contributed by atoms with Gasteiger partial charge in [-0.3, -0.25) is 20.4 Å². The van der Waals surface area contributed by atoms with Gasteiger partial charge in [0.1, 0.15) is 24.7 Å². The zero-order chi connectivity index (χ0) is 20.2. The first-order valence-electron chi connectivity index (χ1n) is 8.89. The standard InChI is InChI=1S/C21H24N2O5/c1-3-12-27-18-10-8-16(9-11-18)20(24)22-23-21(25)17-6-5-7-19(15-17)28-14-13-26-4-2/h3,5-11,15H,1,4,12-14H2,2H3,(H,22,24)(H,23,25). The van der Waals surface area contributed by atoms with Gasteiger partial charge in [-0.05, 0) is 49.4 Å². The van der Waals surface area contributed by atoms with Crippen molar-refractivity contribution in [1.29, 1.82) is 0 Å². The summed E-state index contributed by atoms with van der Waals surface area (Å²) in [5.41, 5.74) is 5.52. The summed E-state index contributed by atoms with van der Waals surface area (Å²) >= 11 is 0. The minimum Gasteiger partial charge on any atom is -0.491 e. The van der Waals surface area contributed by atoms with Gasteiger partial charge < -0.3 is 14.2 Å². The summed E-state index contributed by atoms with van der Waals surface area (Å²) < 4.78 is 16.1. The van der Waals surface area contributed by atoms with Crippen molar-refractivity contribution in [3.05, 3.63) is 72.3 Å². The third-order valence-electron chi connectivity index (χ3n) is 3.57. The van der Waals surface area contributed by atoms with Gasteiger partial charge in [0.2, 0.25) is 0 Å². The van der Waals surface area contributed by atoms with Gasteiger partial charge >= 0.3 is 0 Å². The van der Waals surface area contributed by atoms with Gasteiger partial charge in [0, 0.05) is 17.7 Å². The second-order valence-corrected chi connectivity index (χ2v) is 5.61. The zero-order valence-electron chi connectivity index (χ0n) is 15.8. The molecule has 0 saturated carbocycles. The van der Waals surface area contributed by atoms with Crippen LogP contribution in [0.3, 0.4) is 0 Å². The molecule has 0 radical (unpaired) electrons. The van der Waals surface area contributed by atoms with Gasteiger partial charge in [0.05, 0.1) is 6.61 Å². The van der Waals surface area contributed by atoms with Crippen LogP contribution in [0.5, 0.6) is 11.5 Å². The molecule has 2 rings (SSSR count). The Kier molecular flexibility index (Phi) is 8.55. The maximum absolute atomic E-state index is 12.2. The Balaban J connectivity index is 1.85. The van der Waals surface area contributed by atoms with Crippen molar-refractivity contribution in [3.8, 4) is 11.5 Å². The summed E-state index contributed by atoms with van der Waals surface area (Å²) in [4.78, 5) is 24.4. The minimum absolute atomic E-state index is 0.363. The highest BCUT2D eigenvalue weighted by Crippen LogP contribution is 2.14. The van der Waals surface area contributed by atoms with Crippen LogP contribution in [-0.4, -0.2) is 38.2 Å². The molecule has 0 heterocycles. The van der Waals surface area contributed by atoms with Gasteiger partial charge in [0.25, 0.3) is 11.8 Å². The lowest BCUT2D eigenvalue weighted by atomic mass is 10.2. The van der Waals surface area contributed by atoms with Crippen molar-refractivity contribution >= 4 is 11.8 Å². The molecule has 7 heteroatoms. The molecule has 0 saturated heterocycles. The van der Waals surface area contributed by atoms with Crippen molar-refractivity contribution in [2.24, 2.45) is 0 Å². The van der Waals surface area contributed by atoms with Gasteiger partial charge in [-0.15, -0.1) is 0 Å². The summed E-state index contributed by atoms with van der Waals surface area (Å²) in [6.07, 6.45) is 1.63. The van der Waals surface area contributed by atoms with Crippen LogP contribution in [0.1, 0.15) is 27.6 Å². The molecule has 0 aromatic heterocycles. The van der Waals surface area contributed by atoms with Crippen molar-refractivity contribution in [1.82, 2.24) is 10.9 Å². The molecule has 0 aliphatic heterocycles. The monoisotopic (exact) mass is 384 g/mol. The summed E-state index contributed by atoms with van der Waals surface area (Å²) in [6, 6.07) is 13.2. The van der Waals surface area contributed by atoms with E-state index in [1.54, 1.807) is 54.6 Å². The quantitative estimate of drug-likeness (QED) is 0.374. The Bertz CT molecular complexity index is 790. The molecule has 2 aromatic rings. The normalized spacial score (nSPS) is 10.0. The average molecular weight is 384 g/mol. The SMILES string of the molecule is C=CCOc1ccc(C(=O)NNC(=O)c2cccc(OCCOCC)c2)cc1. The molecule has 2 aromatic carbocycles. The van der Waals surface area contributed by atoms with Gasteiger partial charge in [-0.2, -0.15) is 0 Å². The van der Waals surface area contributed by atoms with Gasteiger partial charge in [0.15, 0.2) is 0 Å². The Hall–Kier alpha value is -3.32. The van der Waals surface area contributed by atoms with Crippen LogP contribution in [0, 0.1) is 0 Å². The number of hydrogen-bond donors (Lipinski definition) is 2. The molecule has 0 fully saturated rings. The molecule has 28 heavy (non-hydrogen) atoms. The van der Waals surface area contributed by atoms with E-state index < -0.39 is 11.8 Å². The van der Waals surface area contributed by atoms with E-state index in [2.05, 4.69) is 17.4 Å². The van der Waals surface area contributed by atoms with E-state index in [1.807, 2.05) is 6.92 Å². The predicted molar refractivity (Wildman–Crippen MR) is 105 cm³/mol. The number of carbonyl (C=O) groups is 2. The molecule has 0 aliphatic carbocycles. The first kappa shape index (κ1) is 21.0. The smallest absolute Gasteiger partial charge is 0.269 e. The molecule has 0 aliphatic rings. The maximum atomic E-state index is 12.2. The van der Waals surface area contributed by atoms with E-state index in [4.69, 9.17) is 14.2 Å². The molecule has 7 nitrogen and oxygen atoms in total. The highest BCUT2D eigenvalue weighted by atomic mass is 16.5. The third-order valence-corrected chi connectivity index (χ3v) is 3.57. The number of hydrazine groups is 1. The fourth-order valence-corrected chi connectivity index (χ4v) is 2.21. The van der Waals surface area contributed by atoms with Crippen LogP contribution >= 0.6 is 0 Å². The second-order valence-electron chi connectivity index (χ2n) is 5.61. The molecule has 0 bridgehead atoms. The number of benzene rings is 2. The summed E-state index contributed by atoms with van der Waals surface area (Å²) in [5, 5.41) is 0. The average Bonchev–Trinajstić information content (AvgIpc) is 2.74. The van der Waals surface area contributed by atoms with E-state index in [9.17, 15) is 9.59 Å². The topological polar surface area (TPSA) is 85.9 Å². The van der Waals surface area contributed by atoms with Crippen LogP contribution < -0.4 is 20.3 Å². The lowest BCUT2D eigenvalue weighted by Gasteiger charge is -2.10. The molecular weight excluding hydrogens is 360 g/mol. The summed E-state index contributed by atoms with van der Waals surface area (Å²) in [7, 11) is 0. The summed E-state index contributed by atoms with van der Waals surface area (Å²) in [5.74, 6) is 0.290. The second kappa shape index (κ2) is 11.4. The Morgan fingerprint density at radius 1 is 0.929 bits per heavy atom. The molecule has 0 unspecified atom stereocenters. The van der Waals surface area contributed by atoms with E-state index in [0.29, 0.717) is 49.1 Å². The van der Waals surface area contributed by atoms with E-state index >= 15 is 0 Å². The van der Waals surface area contributed by atoms with Crippen LogP contribution in [0.4, 0.5) is 0 Å². The third kappa shape index (κ3) is 6.77. The predicted octanol–water partition coefficient (Wildman–Crippen LogP) is 2.74. The van der Waals surface area contributed by atoms with Crippen molar-refractivity contribution in [3.63, 3.8) is 0 Å².